The Bertz CT molecular complexity index is 475. The van der Waals surface area contributed by atoms with Crippen molar-refractivity contribution < 1.29 is 19.9 Å². The average Bonchev–Trinajstić information content (AvgIpc) is 2.26. The number of carbonyl (C=O) groups excluding carboxylic acids is 1. The molecule has 0 bridgehead atoms. The van der Waals surface area contributed by atoms with E-state index < -0.39 is 23.0 Å². The Kier molecular flexibility index (Phi) is 4.35. The van der Waals surface area contributed by atoms with Gasteiger partial charge in [-0.2, -0.15) is 0 Å². The highest BCUT2D eigenvalue weighted by Crippen LogP contribution is 2.25. The number of aliphatic hydroxyl groups excluding tert-OH is 2. The van der Waals surface area contributed by atoms with E-state index in [-0.39, 0.29) is 12.1 Å². The summed E-state index contributed by atoms with van der Waals surface area (Å²) in [6.07, 6.45) is -3.02. The minimum Gasteiger partial charge on any atom is -0.390 e. The van der Waals surface area contributed by atoms with Gasteiger partial charge in [-0.1, -0.05) is 0 Å². The van der Waals surface area contributed by atoms with Gasteiger partial charge in [0.15, 0.2) is 0 Å². The normalized spacial score (nSPS) is 13.9. The van der Waals surface area contributed by atoms with E-state index in [2.05, 4.69) is 0 Å². The third-order valence-electron chi connectivity index (χ3n) is 2.53. The molecule has 0 fully saturated rings. The van der Waals surface area contributed by atoms with Crippen LogP contribution in [0.15, 0.2) is 18.2 Å². The Balaban J connectivity index is 2.93. The summed E-state index contributed by atoms with van der Waals surface area (Å²) in [4.78, 5) is 20.7. The fraction of sp³-hybridized carbons (Fsp3) is 0.364. The number of aliphatic hydroxyl groups is 2. The Labute approximate surface area is 103 Å². The lowest BCUT2D eigenvalue weighted by atomic mass is 9.99. The lowest BCUT2D eigenvalue weighted by Crippen LogP contribution is -2.25. The first kappa shape index (κ1) is 14.1. The van der Waals surface area contributed by atoms with E-state index in [9.17, 15) is 25.1 Å². The molecule has 0 aliphatic heterocycles. The molecule has 0 spiro atoms. The Morgan fingerprint density at radius 3 is 2.56 bits per heavy atom. The van der Waals surface area contributed by atoms with Crippen molar-refractivity contribution in [3.63, 3.8) is 0 Å². The van der Waals surface area contributed by atoms with Crippen molar-refractivity contribution in [3.8, 4) is 0 Å². The smallest absolute Gasteiger partial charge is 0.272 e. The Hall–Kier alpha value is -1.99. The fourth-order valence-corrected chi connectivity index (χ4v) is 1.61. The maximum atomic E-state index is 10.6. The second kappa shape index (κ2) is 5.56. The molecule has 0 heterocycles. The second-order valence-electron chi connectivity index (χ2n) is 3.99. The van der Waals surface area contributed by atoms with Crippen LogP contribution in [0, 0.1) is 17.0 Å². The number of primary amides is 1. The standard InChI is InChI=1S/C11H14N2O5/c1-6-4-7(2-3-8(6)13(17)18)11(16)9(14)5-10(12)15/h2-4,9,11,14,16H,5H2,1H3,(H2,12,15). The summed E-state index contributed by atoms with van der Waals surface area (Å²) < 4.78 is 0. The van der Waals surface area contributed by atoms with Crippen LogP contribution < -0.4 is 5.73 Å². The topological polar surface area (TPSA) is 127 Å². The van der Waals surface area contributed by atoms with Gasteiger partial charge in [0.2, 0.25) is 5.91 Å². The van der Waals surface area contributed by atoms with Gasteiger partial charge in [-0.15, -0.1) is 0 Å². The maximum absolute atomic E-state index is 10.6. The van der Waals surface area contributed by atoms with Crippen LogP contribution in [-0.2, 0) is 4.79 Å². The van der Waals surface area contributed by atoms with Crippen LogP contribution in [0.3, 0.4) is 0 Å². The molecule has 98 valence electrons. The fourth-order valence-electron chi connectivity index (χ4n) is 1.61. The third kappa shape index (κ3) is 3.25. The van der Waals surface area contributed by atoms with Gasteiger partial charge in [-0.05, 0) is 24.6 Å². The van der Waals surface area contributed by atoms with Gasteiger partial charge >= 0.3 is 0 Å². The number of hydrogen-bond acceptors (Lipinski definition) is 5. The summed E-state index contributed by atoms with van der Waals surface area (Å²) >= 11 is 0. The van der Waals surface area contributed by atoms with E-state index in [1.807, 2.05) is 0 Å². The van der Waals surface area contributed by atoms with Crippen LogP contribution in [-0.4, -0.2) is 27.1 Å². The molecule has 1 aromatic rings. The lowest BCUT2D eigenvalue weighted by molar-refractivity contribution is -0.385. The molecule has 7 nitrogen and oxygen atoms in total. The van der Waals surface area contributed by atoms with Gasteiger partial charge in [-0.3, -0.25) is 14.9 Å². The summed E-state index contributed by atoms with van der Waals surface area (Å²) in [5.41, 5.74) is 5.49. The van der Waals surface area contributed by atoms with Gasteiger partial charge in [0.25, 0.3) is 5.69 Å². The summed E-state index contributed by atoms with van der Waals surface area (Å²) in [7, 11) is 0. The number of amides is 1. The van der Waals surface area contributed by atoms with Crippen LogP contribution in [0.2, 0.25) is 0 Å². The minimum absolute atomic E-state index is 0.0738. The van der Waals surface area contributed by atoms with Crippen molar-refractivity contribution in [2.75, 3.05) is 0 Å². The maximum Gasteiger partial charge on any atom is 0.272 e. The number of carbonyl (C=O) groups is 1. The van der Waals surface area contributed by atoms with Crippen LogP contribution in [0.5, 0.6) is 0 Å². The number of nitro benzene ring substituents is 1. The minimum atomic E-state index is -1.33. The quantitative estimate of drug-likeness (QED) is 0.510. The van der Waals surface area contributed by atoms with Crippen molar-refractivity contribution in [3.05, 3.63) is 39.4 Å². The van der Waals surface area contributed by atoms with Crippen molar-refractivity contribution in [2.45, 2.75) is 25.6 Å². The summed E-state index contributed by atoms with van der Waals surface area (Å²) in [5, 5.41) is 29.9. The highest BCUT2D eigenvalue weighted by atomic mass is 16.6. The molecule has 2 unspecified atom stereocenters. The summed E-state index contributed by atoms with van der Waals surface area (Å²) in [6, 6.07) is 3.97. The lowest BCUT2D eigenvalue weighted by Gasteiger charge is -2.17. The van der Waals surface area contributed by atoms with Crippen molar-refractivity contribution >= 4 is 11.6 Å². The number of hydrogen-bond donors (Lipinski definition) is 3. The molecule has 4 N–H and O–H groups in total. The van der Waals surface area contributed by atoms with E-state index in [0.29, 0.717) is 11.1 Å². The van der Waals surface area contributed by atoms with Crippen molar-refractivity contribution in [2.24, 2.45) is 5.73 Å². The van der Waals surface area contributed by atoms with Crippen molar-refractivity contribution in [1.82, 2.24) is 0 Å². The SMILES string of the molecule is Cc1cc(C(O)C(O)CC(N)=O)ccc1[N+](=O)[O-]. The van der Waals surface area contributed by atoms with Crippen molar-refractivity contribution in [1.29, 1.82) is 0 Å². The molecule has 0 aliphatic carbocycles. The number of nitrogens with two attached hydrogens (primary N) is 1. The van der Waals surface area contributed by atoms with E-state index in [1.54, 1.807) is 0 Å². The van der Waals surface area contributed by atoms with E-state index in [1.165, 1.54) is 25.1 Å². The number of benzene rings is 1. The third-order valence-corrected chi connectivity index (χ3v) is 2.53. The zero-order valence-electron chi connectivity index (χ0n) is 9.74. The predicted octanol–water partition coefficient (Wildman–Crippen LogP) is 0.173. The molecule has 1 amide bonds. The first-order valence-corrected chi connectivity index (χ1v) is 5.22. The molecule has 1 aromatic carbocycles. The molecule has 1 rings (SSSR count). The molecule has 0 radical (unpaired) electrons. The van der Waals surface area contributed by atoms with Gasteiger partial charge in [0.05, 0.1) is 17.4 Å². The number of nitro groups is 1. The van der Waals surface area contributed by atoms with E-state index in [0.717, 1.165) is 0 Å². The summed E-state index contributed by atoms with van der Waals surface area (Å²) in [6.45, 7) is 1.52. The monoisotopic (exact) mass is 254 g/mol. The molecule has 0 saturated heterocycles. The molecule has 18 heavy (non-hydrogen) atoms. The molecule has 0 aliphatic rings. The zero-order valence-corrected chi connectivity index (χ0v) is 9.74. The molecular weight excluding hydrogens is 240 g/mol. The molecule has 7 heteroatoms. The predicted molar refractivity (Wildman–Crippen MR) is 62.6 cm³/mol. The number of nitrogens with zero attached hydrogens (tertiary/aromatic N) is 1. The first-order valence-electron chi connectivity index (χ1n) is 5.22. The van der Waals surface area contributed by atoms with E-state index >= 15 is 0 Å². The highest BCUT2D eigenvalue weighted by Gasteiger charge is 2.22. The number of rotatable bonds is 5. The molecular formula is C11H14N2O5. The van der Waals surface area contributed by atoms with Gasteiger partial charge in [0.1, 0.15) is 6.10 Å². The second-order valence-corrected chi connectivity index (χ2v) is 3.99. The molecule has 0 aromatic heterocycles. The van der Waals surface area contributed by atoms with Crippen LogP contribution in [0.4, 0.5) is 5.69 Å². The first-order chi connectivity index (χ1) is 8.32. The number of aryl methyl sites for hydroxylation is 1. The average molecular weight is 254 g/mol. The van der Waals surface area contributed by atoms with Gasteiger partial charge < -0.3 is 15.9 Å². The van der Waals surface area contributed by atoms with Gasteiger partial charge in [-0.25, -0.2) is 0 Å². The zero-order chi connectivity index (χ0) is 13.9. The Morgan fingerprint density at radius 2 is 2.11 bits per heavy atom. The molecule has 0 saturated carbocycles. The van der Waals surface area contributed by atoms with Crippen LogP contribution in [0.1, 0.15) is 23.7 Å². The van der Waals surface area contributed by atoms with Crippen LogP contribution in [0.25, 0.3) is 0 Å². The van der Waals surface area contributed by atoms with Crippen LogP contribution >= 0.6 is 0 Å². The summed E-state index contributed by atoms with van der Waals surface area (Å²) in [5.74, 6) is -0.736. The van der Waals surface area contributed by atoms with Gasteiger partial charge in [0, 0.05) is 11.6 Å². The Morgan fingerprint density at radius 1 is 1.50 bits per heavy atom. The van der Waals surface area contributed by atoms with E-state index in [4.69, 9.17) is 5.73 Å². The molecule has 2 atom stereocenters. The largest absolute Gasteiger partial charge is 0.390 e. The highest BCUT2D eigenvalue weighted by molar-refractivity contribution is 5.74.